The fourth-order valence-corrected chi connectivity index (χ4v) is 5.40. The van der Waals surface area contributed by atoms with Gasteiger partial charge in [0, 0.05) is 43.1 Å². The number of sulfone groups is 1. The third-order valence-corrected chi connectivity index (χ3v) is 6.59. The number of benzene rings is 2. The first-order chi connectivity index (χ1) is 12.0. The van der Waals surface area contributed by atoms with E-state index in [0.717, 1.165) is 27.5 Å². The zero-order chi connectivity index (χ0) is 17.3. The van der Waals surface area contributed by atoms with Crippen molar-refractivity contribution in [3.8, 4) is 11.3 Å². The average molecular weight is 538 g/mol. The van der Waals surface area contributed by atoms with Gasteiger partial charge >= 0.3 is 0 Å². The van der Waals surface area contributed by atoms with E-state index in [-0.39, 0.29) is 25.0 Å². The van der Waals surface area contributed by atoms with E-state index in [9.17, 15) is 8.42 Å². The van der Waals surface area contributed by atoms with E-state index in [1.54, 1.807) is 30.5 Å². The van der Waals surface area contributed by atoms with E-state index in [4.69, 9.17) is 0 Å². The van der Waals surface area contributed by atoms with Crippen LogP contribution in [0.3, 0.4) is 0 Å². The topological polar surface area (TPSA) is 59.9 Å². The molecule has 4 aromatic rings. The van der Waals surface area contributed by atoms with Crippen LogP contribution in [0.15, 0.2) is 52.4 Å². The molecule has 2 aromatic carbocycles. The molecule has 0 atom stereocenters. The normalized spacial score (nSPS) is 14.1. The molecule has 0 bridgehead atoms. The SMILES string of the molecule is Cc1cc2c(cc3c4c(nccc42)-c2[c-]cccc2S3(=O)=O)c(C)n1.[Ir]. The molecule has 26 heavy (non-hydrogen) atoms. The second-order valence-corrected chi connectivity index (χ2v) is 8.20. The van der Waals surface area contributed by atoms with Crippen molar-refractivity contribution >= 4 is 31.4 Å². The van der Waals surface area contributed by atoms with E-state index >= 15 is 0 Å². The summed E-state index contributed by atoms with van der Waals surface area (Å²) in [4.78, 5) is 9.55. The summed E-state index contributed by atoms with van der Waals surface area (Å²) in [6.07, 6.45) is 1.73. The van der Waals surface area contributed by atoms with Gasteiger partial charge in [-0.15, -0.1) is 29.8 Å². The molecular weight excluding hydrogens is 525 g/mol. The number of aromatic nitrogens is 2. The van der Waals surface area contributed by atoms with Crippen LogP contribution in [0.5, 0.6) is 0 Å². The Bertz CT molecular complexity index is 1330. The second-order valence-electron chi connectivity index (χ2n) is 6.31. The number of nitrogens with zero attached hydrogens (tertiary/aromatic N) is 2. The summed E-state index contributed by atoms with van der Waals surface area (Å²) in [5.41, 5.74) is 2.95. The molecule has 0 amide bonds. The Hall–Kier alpha value is -2.14. The standard InChI is InChI=1S/C20H13N2O2S.Ir/c1-11-9-16-13-7-8-21-20-14-5-3-4-6-17(14)25(23,24)18(19(13)20)10-15(16)12(2)22-11;/h3-4,6-10H,1-2H3;/q-1;. The van der Waals surface area contributed by atoms with Crippen molar-refractivity contribution in [1.29, 1.82) is 0 Å². The van der Waals surface area contributed by atoms with Gasteiger partial charge in [-0.05, 0) is 58.8 Å². The number of aryl methyl sites for hydroxylation is 2. The molecule has 0 saturated carbocycles. The summed E-state index contributed by atoms with van der Waals surface area (Å²) in [5, 5.41) is 3.42. The summed E-state index contributed by atoms with van der Waals surface area (Å²) in [7, 11) is -3.63. The molecule has 0 aliphatic carbocycles. The largest absolute Gasteiger partial charge is 0.304 e. The molecule has 0 N–H and O–H groups in total. The van der Waals surface area contributed by atoms with Gasteiger partial charge < -0.3 is 4.98 Å². The smallest absolute Gasteiger partial charge is 0.172 e. The number of fused-ring (bicyclic) bond motifs is 4. The zero-order valence-electron chi connectivity index (χ0n) is 14.0. The van der Waals surface area contributed by atoms with Crippen LogP contribution in [0.2, 0.25) is 0 Å². The monoisotopic (exact) mass is 538 g/mol. The van der Waals surface area contributed by atoms with Crippen LogP contribution in [0.25, 0.3) is 32.8 Å². The molecule has 3 heterocycles. The van der Waals surface area contributed by atoms with Crippen LogP contribution >= 0.6 is 0 Å². The molecule has 0 fully saturated rings. The van der Waals surface area contributed by atoms with Crippen molar-refractivity contribution in [2.75, 3.05) is 0 Å². The summed E-state index contributed by atoms with van der Waals surface area (Å²) >= 11 is 0. The van der Waals surface area contributed by atoms with Crippen LogP contribution < -0.4 is 0 Å². The minimum Gasteiger partial charge on any atom is -0.304 e. The van der Waals surface area contributed by atoms with Crippen molar-refractivity contribution in [1.82, 2.24) is 9.97 Å². The molecule has 1 radical (unpaired) electrons. The molecule has 131 valence electrons. The summed E-state index contributed by atoms with van der Waals surface area (Å²) in [5.74, 6) is 0. The van der Waals surface area contributed by atoms with Gasteiger partial charge in [0.05, 0.1) is 4.90 Å². The molecule has 0 saturated heterocycles. The summed E-state index contributed by atoms with van der Waals surface area (Å²) in [6.45, 7) is 3.85. The van der Waals surface area contributed by atoms with Gasteiger partial charge in [-0.25, -0.2) is 8.42 Å². The third kappa shape index (κ3) is 2.13. The minimum atomic E-state index is -3.63. The van der Waals surface area contributed by atoms with Crippen LogP contribution in [-0.2, 0) is 29.9 Å². The van der Waals surface area contributed by atoms with Gasteiger partial charge in [-0.2, -0.15) is 0 Å². The maximum Gasteiger partial charge on any atom is 0.172 e. The first-order valence-corrected chi connectivity index (χ1v) is 9.42. The maximum atomic E-state index is 13.2. The summed E-state index contributed by atoms with van der Waals surface area (Å²) in [6, 6.07) is 13.7. The van der Waals surface area contributed by atoms with Gasteiger partial charge in [0.15, 0.2) is 9.84 Å². The first-order valence-electron chi connectivity index (χ1n) is 7.94. The Morgan fingerprint density at radius 1 is 1.00 bits per heavy atom. The van der Waals surface area contributed by atoms with Gasteiger partial charge in [0.2, 0.25) is 0 Å². The molecule has 1 aliphatic heterocycles. The third-order valence-electron chi connectivity index (χ3n) is 4.77. The number of rotatable bonds is 0. The van der Waals surface area contributed by atoms with E-state index in [2.05, 4.69) is 16.0 Å². The summed E-state index contributed by atoms with van der Waals surface area (Å²) < 4.78 is 26.5. The van der Waals surface area contributed by atoms with Crippen molar-refractivity contribution in [3.05, 3.63) is 60.0 Å². The Kier molecular flexibility index (Phi) is 3.77. The van der Waals surface area contributed by atoms with Gasteiger partial charge in [-0.3, -0.25) is 4.98 Å². The molecule has 5 rings (SSSR count). The van der Waals surface area contributed by atoms with Crippen molar-refractivity contribution in [2.45, 2.75) is 23.6 Å². The van der Waals surface area contributed by atoms with Crippen LogP contribution in [0.1, 0.15) is 11.4 Å². The molecule has 0 spiro atoms. The first kappa shape index (κ1) is 17.3. The molecule has 6 heteroatoms. The minimum absolute atomic E-state index is 0. The van der Waals surface area contributed by atoms with Crippen LogP contribution in [0, 0.1) is 19.9 Å². The Labute approximate surface area is 164 Å². The Morgan fingerprint density at radius 2 is 1.81 bits per heavy atom. The van der Waals surface area contributed by atoms with Gasteiger partial charge in [0.1, 0.15) is 0 Å². The fraction of sp³-hybridized carbons (Fsp3) is 0.100. The molecule has 1 aliphatic rings. The van der Waals surface area contributed by atoms with E-state index in [1.807, 2.05) is 26.0 Å². The number of pyridine rings is 2. The molecule has 0 unspecified atom stereocenters. The van der Waals surface area contributed by atoms with Crippen molar-refractivity contribution < 1.29 is 28.5 Å². The van der Waals surface area contributed by atoms with Crippen LogP contribution in [0.4, 0.5) is 0 Å². The Balaban J connectivity index is 0.00000168. The van der Waals surface area contributed by atoms with Crippen LogP contribution in [-0.4, -0.2) is 18.4 Å². The van der Waals surface area contributed by atoms with Crippen molar-refractivity contribution in [3.63, 3.8) is 0 Å². The van der Waals surface area contributed by atoms with Crippen molar-refractivity contribution in [2.24, 2.45) is 0 Å². The van der Waals surface area contributed by atoms with Gasteiger partial charge in [0.25, 0.3) is 0 Å². The predicted octanol–water partition coefficient (Wildman–Crippen LogP) is 4.01. The number of hydrogen-bond acceptors (Lipinski definition) is 4. The Morgan fingerprint density at radius 3 is 2.62 bits per heavy atom. The van der Waals surface area contributed by atoms with E-state index in [1.165, 1.54) is 0 Å². The number of hydrogen-bond donors (Lipinski definition) is 0. The molecule has 2 aromatic heterocycles. The fourth-order valence-electron chi connectivity index (χ4n) is 3.73. The molecule has 4 nitrogen and oxygen atoms in total. The quantitative estimate of drug-likeness (QED) is 0.221. The predicted molar refractivity (Wildman–Crippen MR) is 96.2 cm³/mol. The average Bonchev–Trinajstić information content (AvgIpc) is 2.60. The van der Waals surface area contributed by atoms with E-state index in [0.29, 0.717) is 21.5 Å². The molecular formula is C20H13IrN2O2S-. The van der Waals surface area contributed by atoms with Gasteiger partial charge in [-0.1, -0.05) is 0 Å². The van der Waals surface area contributed by atoms with E-state index < -0.39 is 9.84 Å². The zero-order valence-corrected chi connectivity index (χ0v) is 17.2. The maximum absolute atomic E-state index is 13.2. The second kappa shape index (κ2) is 5.68.